The molecular weight excluding hydrogens is 386 g/mol. The average Bonchev–Trinajstić information content (AvgIpc) is 2.78. The van der Waals surface area contributed by atoms with Crippen LogP contribution in [0.15, 0.2) is 65.8 Å². The first-order valence-electron chi connectivity index (χ1n) is 9.63. The second-order valence-corrected chi connectivity index (χ2v) is 6.77. The van der Waals surface area contributed by atoms with Crippen LogP contribution in [0.2, 0.25) is 0 Å². The second-order valence-electron chi connectivity index (χ2n) is 6.77. The zero-order chi connectivity index (χ0) is 21.5. The minimum atomic E-state index is -1.03. The number of esters is 2. The maximum atomic E-state index is 12.7. The van der Waals surface area contributed by atoms with E-state index >= 15 is 0 Å². The van der Waals surface area contributed by atoms with Crippen molar-refractivity contribution in [1.29, 1.82) is 0 Å². The quantitative estimate of drug-likeness (QED) is 0.303. The molecule has 1 saturated heterocycles. The molecule has 1 fully saturated rings. The molecule has 2 aromatic carbocycles. The lowest BCUT2D eigenvalue weighted by molar-refractivity contribution is -0.131. The van der Waals surface area contributed by atoms with E-state index in [4.69, 9.17) is 19.7 Å². The van der Waals surface area contributed by atoms with Gasteiger partial charge in [0.1, 0.15) is 12.1 Å². The first-order valence-corrected chi connectivity index (χ1v) is 9.63. The third kappa shape index (κ3) is 4.79. The fourth-order valence-corrected chi connectivity index (χ4v) is 3.30. The summed E-state index contributed by atoms with van der Waals surface area (Å²) in [4.78, 5) is 28.3. The Balaban J connectivity index is 1.92. The van der Waals surface area contributed by atoms with Gasteiger partial charge in [0.2, 0.25) is 0 Å². The van der Waals surface area contributed by atoms with Crippen LogP contribution in [-0.2, 0) is 14.2 Å². The fraction of sp³-hybridized carbons (Fsp3) is 0.318. The highest BCUT2D eigenvalue weighted by molar-refractivity contribution is 5.90. The Kier molecular flexibility index (Phi) is 7.06. The number of hydrogen-bond acceptors (Lipinski definition) is 6. The van der Waals surface area contributed by atoms with E-state index in [-0.39, 0.29) is 0 Å². The topological polar surface area (TPSA) is 111 Å². The maximum absolute atomic E-state index is 12.7. The molecule has 0 aliphatic carbocycles. The molecule has 0 unspecified atom stereocenters. The number of carbonyl (C=O) groups is 2. The minimum Gasteiger partial charge on any atom is -0.454 e. The van der Waals surface area contributed by atoms with Gasteiger partial charge >= 0.3 is 11.9 Å². The predicted octanol–water partition coefficient (Wildman–Crippen LogP) is 4.48. The van der Waals surface area contributed by atoms with Crippen LogP contribution in [0.25, 0.3) is 10.4 Å². The smallest absolute Gasteiger partial charge is 0.338 e. The Labute approximate surface area is 174 Å². The van der Waals surface area contributed by atoms with Crippen molar-refractivity contribution in [2.75, 3.05) is 0 Å². The number of nitrogens with zero attached hydrogens (tertiary/aromatic N) is 3. The molecule has 0 saturated carbocycles. The molecule has 3 rings (SSSR count). The van der Waals surface area contributed by atoms with Crippen molar-refractivity contribution < 1.29 is 23.8 Å². The largest absolute Gasteiger partial charge is 0.454 e. The number of ether oxygens (including phenoxy) is 3. The molecule has 0 N–H and O–H groups in total. The summed E-state index contributed by atoms with van der Waals surface area (Å²) in [5.41, 5.74) is 9.71. The van der Waals surface area contributed by atoms with E-state index in [1.165, 1.54) is 0 Å². The van der Waals surface area contributed by atoms with Gasteiger partial charge in [0, 0.05) is 4.91 Å². The van der Waals surface area contributed by atoms with Gasteiger partial charge < -0.3 is 14.2 Å². The Bertz CT molecular complexity index is 915. The molecule has 2 aromatic rings. The molecule has 8 nitrogen and oxygen atoms in total. The van der Waals surface area contributed by atoms with Crippen molar-refractivity contribution in [3.05, 3.63) is 88.3 Å². The third-order valence-corrected chi connectivity index (χ3v) is 4.80. The number of azide groups is 1. The van der Waals surface area contributed by atoms with Gasteiger partial charge in [-0.25, -0.2) is 9.59 Å². The van der Waals surface area contributed by atoms with Crippen LogP contribution < -0.4 is 0 Å². The van der Waals surface area contributed by atoms with Gasteiger partial charge in [0.25, 0.3) is 0 Å². The average molecular weight is 408 g/mol. The van der Waals surface area contributed by atoms with Crippen LogP contribution in [-0.4, -0.2) is 36.3 Å². The summed E-state index contributed by atoms with van der Waals surface area (Å²) in [7, 11) is 0. The van der Waals surface area contributed by atoms with Gasteiger partial charge in [-0.05, 0) is 43.1 Å². The van der Waals surface area contributed by atoms with Crippen molar-refractivity contribution in [1.82, 2.24) is 0 Å². The van der Waals surface area contributed by atoms with E-state index in [9.17, 15) is 9.59 Å². The molecule has 0 amide bonds. The summed E-state index contributed by atoms with van der Waals surface area (Å²) in [6, 6.07) is 16.0. The summed E-state index contributed by atoms with van der Waals surface area (Å²) in [5, 5.41) is 3.77. The lowest BCUT2D eigenvalue weighted by Gasteiger charge is -2.42. The summed E-state index contributed by atoms with van der Waals surface area (Å²) >= 11 is 0. The third-order valence-electron chi connectivity index (χ3n) is 4.80. The molecule has 1 heterocycles. The number of benzene rings is 2. The van der Waals surface area contributed by atoms with Crippen LogP contribution in [0.1, 0.15) is 41.0 Å². The molecule has 0 aromatic heterocycles. The van der Waals surface area contributed by atoms with Crippen LogP contribution in [0.5, 0.6) is 0 Å². The van der Waals surface area contributed by atoms with Crippen molar-refractivity contribution in [2.45, 2.75) is 44.6 Å². The second kappa shape index (κ2) is 9.91. The standard InChI is InChI=1S/C22H22N3O5/c1-3-17-19(29-21(26)15-10-6-4-7-11-15)20(18(24-25-23)14(2)28-17)30-22(27)16-12-8-5-9-13-16/h4-14,18-20H,3H2,1-2H3/t14-,18-,19-,20+/m1/s1. The van der Waals surface area contributed by atoms with E-state index in [1.54, 1.807) is 67.6 Å². The molecule has 30 heavy (non-hydrogen) atoms. The maximum Gasteiger partial charge on any atom is 0.338 e. The van der Waals surface area contributed by atoms with E-state index in [0.29, 0.717) is 23.7 Å². The van der Waals surface area contributed by atoms with Gasteiger partial charge in [-0.15, -0.1) is 0 Å². The molecule has 1 aliphatic rings. The normalized spacial score (nSPS) is 23.8. The van der Waals surface area contributed by atoms with Crippen LogP contribution in [0.4, 0.5) is 0 Å². The van der Waals surface area contributed by atoms with Gasteiger partial charge in [-0.1, -0.05) is 48.4 Å². The van der Waals surface area contributed by atoms with E-state index in [0.717, 1.165) is 0 Å². The molecule has 155 valence electrons. The number of carbonyl (C=O) groups excluding carboxylic acids is 2. The fourth-order valence-electron chi connectivity index (χ4n) is 3.30. The lowest BCUT2D eigenvalue weighted by atomic mass is 9.92. The molecule has 0 spiro atoms. The van der Waals surface area contributed by atoms with Crippen molar-refractivity contribution in [2.24, 2.45) is 5.11 Å². The zero-order valence-electron chi connectivity index (χ0n) is 16.7. The predicted molar refractivity (Wildman–Crippen MR) is 108 cm³/mol. The zero-order valence-corrected chi connectivity index (χ0v) is 16.7. The van der Waals surface area contributed by atoms with Gasteiger partial charge in [0.15, 0.2) is 12.2 Å². The summed E-state index contributed by atoms with van der Waals surface area (Å²) in [5.74, 6) is -1.20. The highest BCUT2D eigenvalue weighted by Crippen LogP contribution is 2.35. The minimum absolute atomic E-state index is 0.336. The Morgan fingerprint density at radius 2 is 1.53 bits per heavy atom. The highest BCUT2D eigenvalue weighted by Gasteiger charge is 2.48. The Morgan fingerprint density at radius 3 is 2.03 bits per heavy atom. The number of rotatable bonds is 6. The summed E-state index contributed by atoms with van der Waals surface area (Å²) in [6.07, 6.45) is -1.72. The van der Waals surface area contributed by atoms with Crippen molar-refractivity contribution >= 4 is 11.9 Å². The van der Waals surface area contributed by atoms with Crippen molar-refractivity contribution in [3.63, 3.8) is 0 Å². The highest BCUT2D eigenvalue weighted by atomic mass is 16.6. The van der Waals surface area contributed by atoms with Crippen LogP contribution in [0, 0.1) is 6.10 Å². The van der Waals surface area contributed by atoms with E-state index < -0.39 is 36.3 Å². The molecule has 1 aliphatic heterocycles. The molecule has 4 atom stereocenters. The summed E-state index contributed by atoms with van der Waals surface area (Å²) in [6.45, 7) is 3.56. The van der Waals surface area contributed by atoms with Crippen molar-refractivity contribution in [3.8, 4) is 0 Å². The Morgan fingerprint density at radius 1 is 1.00 bits per heavy atom. The molecule has 1 radical (unpaired) electrons. The first-order chi connectivity index (χ1) is 14.5. The van der Waals surface area contributed by atoms with Gasteiger partial charge in [0.05, 0.1) is 17.2 Å². The van der Waals surface area contributed by atoms with Crippen LogP contribution in [0.3, 0.4) is 0 Å². The molecule has 8 heteroatoms. The van der Waals surface area contributed by atoms with Gasteiger partial charge in [-0.3, -0.25) is 0 Å². The van der Waals surface area contributed by atoms with Gasteiger partial charge in [-0.2, -0.15) is 0 Å². The Hall–Kier alpha value is -3.35. The SMILES string of the molecule is CC[C]1O[C@H](C)[C@@H](N=[N+]=[N-])[C@H](OC(=O)c2ccccc2)[C@@H]1OC(=O)c1ccccc1. The summed E-state index contributed by atoms with van der Waals surface area (Å²) < 4.78 is 17.3. The lowest BCUT2D eigenvalue weighted by Crippen LogP contribution is -2.55. The number of hydrogen-bond donors (Lipinski definition) is 0. The van der Waals surface area contributed by atoms with E-state index in [2.05, 4.69) is 10.0 Å². The first kappa shape index (κ1) is 21.4. The molecule has 0 bridgehead atoms. The van der Waals surface area contributed by atoms with Crippen LogP contribution >= 0.6 is 0 Å². The molecular formula is C22H22N3O5. The van der Waals surface area contributed by atoms with E-state index in [1.807, 2.05) is 6.92 Å². The monoisotopic (exact) mass is 408 g/mol.